The molecule has 234 valence electrons. The molecule has 0 aromatic heterocycles. The second-order valence-corrected chi connectivity index (χ2v) is 19.2. The molecule has 6 heteroatoms. The number of phosphoric ester groups is 1. The molecule has 0 saturated heterocycles. The summed E-state index contributed by atoms with van der Waals surface area (Å²) in [5.74, 6) is 0. The first kappa shape index (κ1) is 37.5. The van der Waals surface area contributed by atoms with Crippen LogP contribution in [0.3, 0.4) is 0 Å². The first-order valence-corrected chi connectivity index (χ1v) is 21.0. The Morgan fingerprint density at radius 2 is 1.07 bits per heavy atom. The average Bonchev–Trinajstić information content (AvgIpc) is 2.97. The summed E-state index contributed by atoms with van der Waals surface area (Å²) < 4.78 is 24.7. The van der Waals surface area contributed by atoms with Crippen LogP contribution in [0.5, 0.6) is 0 Å². The van der Waals surface area contributed by atoms with Crippen LogP contribution in [-0.2, 0) is 13.4 Å². The summed E-state index contributed by atoms with van der Waals surface area (Å²) in [7, 11) is -4.14. The van der Waals surface area contributed by atoms with E-state index in [-0.39, 0.29) is 6.61 Å². The fourth-order valence-electron chi connectivity index (χ4n) is 5.77. The molecule has 1 unspecified atom stereocenters. The Labute approximate surface area is 248 Å². The van der Waals surface area contributed by atoms with Crippen molar-refractivity contribution in [2.45, 2.75) is 143 Å². The van der Waals surface area contributed by atoms with Crippen LogP contribution in [0.15, 0.2) is 42.5 Å². The van der Waals surface area contributed by atoms with Crippen molar-refractivity contribution in [3.8, 4) is 0 Å². The van der Waals surface area contributed by atoms with Gasteiger partial charge in [-0.2, -0.15) is 0 Å². The number of rotatable bonds is 27. The number of allylic oxidation sites excluding steroid dienone is 2. The van der Waals surface area contributed by atoms with E-state index in [1.165, 1.54) is 96.3 Å². The van der Waals surface area contributed by atoms with Gasteiger partial charge in [-0.15, -0.1) is 0 Å². The molecular weight excluding hydrogens is 534 g/mol. The van der Waals surface area contributed by atoms with E-state index in [0.717, 1.165) is 43.1 Å². The Morgan fingerprint density at radius 3 is 1.52 bits per heavy atom. The molecule has 40 heavy (non-hydrogen) atoms. The molecular formula is C34H64O4P2. The zero-order chi connectivity index (χ0) is 29.4. The number of hydrogen-bond acceptors (Lipinski definition) is 3. The van der Waals surface area contributed by atoms with E-state index in [4.69, 9.17) is 8.83 Å². The Kier molecular flexibility index (Phi) is 20.7. The fourth-order valence-corrected chi connectivity index (χ4v) is 13.6. The molecule has 0 saturated carbocycles. The third kappa shape index (κ3) is 14.6. The van der Waals surface area contributed by atoms with Gasteiger partial charge in [-0.3, -0.25) is 0 Å². The maximum atomic E-state index is 13.0. The Bertz CT molecular complexity index is 796. The summed E-state index contributed by atoms with van der Waals surface area (Å²) in [6.07, 6.45) is 30.0. The number of hydrogen-bond donors (Lipinski definition) is 1. The number of benzene rings is 1. The second-order valence-electron chi connectivity index (χ2n) is 11.6. The standard InChI is InChI=1S/C34H64O4P2/c1-5-9-10-11-12-13-14-15-16-17-18-19-20-21-22-23-24-25-26-30-33-37-39(35,36)38-40(6-2,7-3,8-4)34-31-28-27-29-32-34/h15-16,27-29,31-32H,5-14,17-26,30,33H2,1-4H3,(H,35,36)/b16-15-. The van der Waals surface area contributed by atoms with Gasteiger partial charge in [0.25, 0.3) is 0 Å². The van der Waals surface area contributed by atoms with Gasteiger partial charge in [0, 0.05) is 0 Å². The van der Waals surface area contributed by atoms with Crippen LogP contribution in [0.2, 0.25) is 0 Å². The van der Waals surface area contributed by atoms with Crippen LogP contribution in [0, 0.1) is 0 Å². The van der Waals surface area contributed by atoms with Crippen LogP contribution < -0.4 is 5.30 Å². The van der Waals surface area contributed by atoms with Gasteiger partial charge in [0.15, 0.2) is 0 Å². The van der Waals surface area contributed by atoms with Crippen molar-refractivity contribution in [2.24, 2.45) is 0 Å². The first-order chi connectivity index (χ1) is 19.4. The van der Waals surface area contributed by atoms with Gasteiger partial charge in [-0.1, -0.05) is 57.6 Å². The van der Waals surface area contributed by atoms with Gasteiger partial charge >= 0.3 is 166 Å². The number of phosphoric acid groups is 1. The van der Waals surface area contributed by atoms with Crippen molar-refractivity contribution in [1.29, 1.82) is 0 Å². The van der Waals surface area contributed by atoms with E-state index in [9.17, 15) is 9.46 Å². The van der Waals surface area contributed by atoms with E-state index < -0.39 is 14.7 Å². The van der Waals surface area contributed by atoms with Gasteiger partial charge in [0.2, 0.25) is 0 Å². The Hall–Kier alpha value is -0.500. The van der Waals surface area contributed by atoms with E-state index >= 15 is 0 Å². The molecule has 4 nitrogen and oxygen atoms in total. The normalized spacial score (nSPS) is 14.8. The average molecular weight is 599 g/mol. The van der Waals surface area contributed by atoms with Crippen molar-refractivity contribution in [1.82, 2.24) is 0 Å². The van der Waals surface area contributed by atoms with E-state index in [1.54, 1.807) is 0 Å². The molecule has 0 aliphatic carbocycles. The molecule has 0 radical (unpaired) electrons. The SMILES string of the molecule is CCCCCCCC/C=C\CCCCCCCCCCCCOP(=O)(O)OP(CC)(CC)(CC)c1ccccc1. The summed E-state index contributed by atoms with van der Waals surface area (Å²) >= 11 is 0. The zero-order valence-corrected chi connectivity index (χ0v) is 28.5. The molecule has 0 aliphatic rings. The quantitative estimate of drug-likeness (QED) is 0.0622. The molecule has 0 spiro atoms. The second kappa shape index (κ2) is 22.1. The molecule has 0 heterocycles. The molecule has 1 N–H and O–H groups in total. The summed E-state index contributed by atoms with van der Waals surface area (Å²) in [4.78, 5) is 10.7. The van der Waals surface area contributed by atoms with E-state index in [2.05, 4.69) is 39.8 Å². The van der Waals surface area contributed by atoms with Gasteiger partial charge in [0.05, 0.1) is 0 Å². The molecule has 1 atom stereocenters. The predicted octanol–water partition coefficient (Wildman–Crippen LogP) is 11.6. The predicted molar refractivity (Wildman–Crippen MR) is 179 cm³/mol. The monoisotopic (exact) mass is 598 g/mol. The first-order valence-electron chi connectivity index (χ1n) is 16.8. The van der Waals surface area contributed by atoms with Gasteiger partial charge in [-0.05, 0) is 25.7 Å². The topological polar surface area (TPSA) is 55.8 Å². The zero-order valence-electron chi connectivity index (χ0n) is 26.7. The van der Waals surface area contributed by atoms with Gasteiger partial charge in [0.1, 0.15) is 0 Å². The van der Waals surface area contributed by atoms with Crippen molar-refractivity contribution in [2.75, 3.05) is 25.1 Å². The third-order valence-electron chi connectivity index (χ3n) is 8.84. The minimum absolute atomic E-state index is 0.277. The summed E-state index contributed by atoms with van der Waals surface area (Å²) in [5, 5.41) is 1.06. The van der Waals surface area contributed by atoms with Crippen LogP contribution in [-0.4, -0.2) is 30.0 Å². The van der Waals surface area contributed by atoms with Crippen LogP contribution >= 0.6 is 14.7 Å². The summed E-state index contributed by atoms with van der Waals surface area (Å²) in [6.45, 7) is 5.75. The molecule has 1 rings (SSSR count). The van der Waals surface area contributed by atoms with Crippen LogP contribution in [0.4, 0.5) is 0 Å². The summed E-state index contributed by atoms with van der Waals surface area (Å²) in [6, 6.07) is 10.0. The van der Waals surface area contributed by atoms with Crippen molar-refractivity contribution >= 4 is 20.0 Å². The maximum absolute atomic E-state index is 13.0. The Morgan fingerprint density at radius 1 is 0.650 bits per heavy atom. The minimum atomic E-state index is -4.14. The van der Waals surface area contributed by atoms with Gasteiger partial charge in [-0.25, -0.2) is 0 Å². The van der Waals surface area contributed by atoms with Crippen molar-refractivity contribution < 1.29 is 18.3 Å². The molecule has 0 amide bonds. The summed E-state index contributed by atoms with van der Waals surface area (Å²) in [5.41, 5.74) is 0. The van der Waals surface area contributed by atoms with Gasteiger partial charge < -0.3 is 0 Å². The van der Waals surface area contributed by atoms with Crippen molar-refractivity contribution in [3.05, 3.63) is 42.5 Å². The Balaban J connectivity index is 2.09. The molecule has 1 aromatic rings. The van der Waals surface area contributed by atoms with Crippen LogP contribution in [0.25, 0.3) is 0 Å². The fraction of sp³-hybridized carbons (Fsp3) is 0.765. The van der Waals surface area contributed by atoms with Crippen LogP contribution in [0.1, 0.15) is 143 Å². The number of unbranched alkanes of at least 4 members (excludes halogenated alkanes) is 16. The molecule has 0 aliphatic heterocycles. The molecule has 1 aromatic carbocycles. The third-order valence-corrected chi connectivity index (χ3v) is 17.9. The van der Waals surface area contributed by atoms with E-state index in [0.29, 0.717) is 0 Å². The van der Waals surface area contributed by atoms with Crippen molar-refractivity contribution in [3.63, 3.8) is 0 Å². The molecule has 0 bridgehead atoms. The molecule has 0 fully saturated rings. The van der Waals surface area contributed by atoms with E-state index in [1.807, 2.05) is 30.3 Å².